The molecule has 2 aliphatic rings. The molecule has 6 nitrogen and oxygen atoms in total. The summed E-state index contributed by atoms with van der Waals surface area (Å²) in [7, 11) is 0. The third-order valence-corrected chi connectivity index (χ3v) is 4.22. The van der Waals surface area contributed by atoms with E-state index in [0.717, 1.165) is 18.6 Å². The van der Waals surface area contributed by atoms with E-state index in [4.69, 9.17) is 20.8 Å². The summed E-state index contributed by atoms with van der Waals surface area (Å²) in [4.78, 5) is 20.4. The van der Waals surface area contributed by atoms with E-state index in [9.17, 15) is 4.79 Å². The molecule has 2 saturated carbocycles. The number of hydrogen-bond acceptors (Lipinski definition) is 5. The molecule has 2 aromatic rings. The highest BCUT2D eigenvalue weighted by Crippen LogP contribution is 2.40. The lowest BCUT2D eigenvalue weighted by molar-refractivity contribution is 0.102. The van der Waals surface area contributed by atoms with Crippen molar-refractivity contribution in [2.75, 3.05) is 11.9 Å². The predicted molar refractivity (Wildman–Crippen MR) is 83.9 cm³/mol. The molecule has 2 aliphatic carbocycles. The third-order valence-electron chi connectivity index (χ3n) is 3.95. The average molecular weight is 334 g/mol. The summed E-state index contributed by atoms with van der Waals surface area (Å²) in [6.07, 6.45) is 7.71. The Labute approximate surface area is 138 Å². The van der Waals surface area contributed by atoms with Crippen LogP contribution in [0.4, 0.5) is 6.01 Å². The summed E-state index contributed by atoms with van der Waals surface area (Å²) in [5.41, 5.74) is 0.333. The first-order valence-corrected chi connectivity index (χ1v) is 8.12. The van der Waals surface area contributed by atoms with Crippen LogP contribution in [-0.2, 0) is 0 Å². The summed E-state index contributed by atoms with van der Waals surface area (Å²) in [5.74, 6) is 1.88. The summed E-state index contributed by atoms with van der Waals surface area (Å²) >= 11 is 6.13. The molecule has 0 radical (unpaired) electrons. The number of ether oxygens (including phenoxy) is 1. The number of carbonyl (C=O) groups excluding carboxylic acids is 1. The van der Waals surface area contributed by atoms with Gasteiger partial charge in [-0.15, -0.1) is 0 Å². The number of nitrogens with zero attached hydrogens (tertiary/aromatic N) is 2. The zero-order valence-electron chi connectivity index (χ0n) is 12.4. The zero-order chi connectivity index (χ0) is 15.8. The normalized spacial score (nSPS) is 17.1. The predicted octanol–water partition coefficient (Wildman–Crippen LogP) is 3.64. The van der Waals surface area contributed by atoms with E-state index in [1.54, 1.807) is 6.20 Å². The Hall–Kier alpha value is -2.08. The van der Waals surface area contributed by atoms with Crippen molar-refractivity contribution < 1.29 is 13.9 Å². The van der Waals surface area contributed by atoms with Gasteiger partial charge in [0.15, 0.2) is 0 Å². The number of amides is 1. The first-order chi connectivity index (χ1) is 11.2. The van der Waals surface area contributed by atoms with Crippen molar-refractivity contribution in [3.05, 3.63) is 34.8 Å². The van der Waals surface area contributed by atoms with Crippen molar-refractivity contribution in [3.8, 4) is 5.88 Å². The Morgan fingerprint density at radius 1 is 1.30 bits per heavy atom. The molecule has 0 unspecified atom stereocenters. The van der Waals surface area contributed by atoms with Gasteiger partial charge in [0.1, 0.15) is 10.8 Å². The van der Waals surface area contributed by atoms with Gasteiger partial charge in [0.05, 0.1) is 18.4 Å². The van der Waals surface area contributed by atoms with Gasteiger partial charge < -0.3 is 9.15 Å². The fraction of sp³-hybridized carbons (Fsp3) is 0.438. The largest absolute Gasteiger partial charge is 0.476 e. The minimum atomic E-state index is -0.364. The lowest BCUT2D eigenvalue weighted by Crippen LogP contribution is -2.13. The fourth-order valence-electron chi connectivity index (χ4n) is 2.21. The van der Waals surface area contributed by atoms with E-state index in [0.29, 0.717) is 34.9 Å². The zero-order valence-corrected chi connectivity index (χ0v) is 13.2. The number of halogens is 1. The van der Waals surface area contributed by atoms with Gasteiger partial charge in [-0.2, -0.15) is 0 Å². The molecule has 0 bridgehead atoms. The maximum atomic E-state index is 12.2. The Bertz CT molecular complexity index is 738. The number of anilines is 1. The molecule has 7 heteroatoms. The van der Waals surface area contributed by atoms with E-state index in [2.05, 4.69) is 15.3 Å². The van der Waals surface area contributed by atoms with Gasteiger partial charge >= 0.3 is 6.01 Å². The van der Waals surface area contributed by atoms with Crippen molar-refractivity contribution in [2.45, 2.75) is 31.6 Å². The van der Waals surface area contributed by atoms with Gasteiger partial charge in [-0.3, -0.25) is 10.1 Å². The summed E-state index contributed by atoms with van der Waals surface area (Å²) in [6, 6.07) is 1.73. The Balaban J connectivity index is 1.41. The molecule has 1 N–H and O–H groups in total. The standard InChI is InChI=1S/C16H16ClN3O3/c17-12-5-11(6-18-15(12)22-8-9-1-2-9)14(21)20-16-19-7-13(23-16)10-3-4-10/h5-7,9-10H,1-4,8H2,(H,19,20,21). The van der Waals surface area contributed by atoms with E-state index >= 15 is 0 Å². The minimum Gasteiger partial charge on any atom is -0.476 e. The molecule has 0 aliphatic heterocycles. The molecule has 1 amide bonds. The Morgan fingerprint density at radius 3 is 2.83 bits per heavy atom. The van der Waals surface area contributed by atoms with Crippen molar-refractivity contribution in [2.24, 2.45) is 5.92 Å². The topological polar surface area (TPSA) is 77.3 Å². The van der Waals surface area contributed by atoms with Crippen LogP contribution in [0.15, 0.2) is 22.9 Å². The van der Waals surface area contributed by atoms with Crippen LogP contribution in [0, 0.1) is 5.92 Å². The highest BCUT2D eigenvalue weighted by Gasteiger charge is 2.28. The molecular formula is C16H16ClN3O3. The third kappa shape index (κ3) is 3.47. The molecule has 2 fully saturated rings. The number of nitrogens with one attached hydrogen (secondary N) is 1. The van der Waals surface area contributed by atoms with Gasteiger partial charge in [-0.25, -0.2) is 9.97 Å². The van der Waals surface area contributed by atoms with Gasteiger partial charge in [0, 0.05) is 12.1 Å². The van der Waals surface area contributed by atoms with Crippen molar-refractivity contribution in [1.82, 2.24) is 9.97 Å². The van der Waals surface area contributed by atoms with E-state index < -0.39 is 0 Å². The molecule has 2 aromatic heterocycles. The van der Waals surface area contributed by atoms with E-state index in [1.807, 2.05) is 0 Å². The molecule has 4 rings (SSSR count). The number of rotatable bonds is 6. The highest BCUT2D eigenvalue weighted by atomic mass is 35.5. The summed E-state index contributed by atoms with van der Waals surface area (Å²) in [6.45, 7) is 0.624. The number of pyridine rings is 1. The highest BCUT2D eigenvalue weighted by molar-refractivity contribution is 6.32. The minimum absolute atomic E-state index is 0.196. The van der Waals surface area contributed by atoms with Crippen LogP contribution in [0.1, 0.15) is 47.7 Å². The second-order valence-corrected chi connectivity index (χ2v) is 6.47. The summed E-state index contributed by atoms with van der Waals surface area (Å²) < 4.78 is 11.0. The molecule has 0 spiro atoms. The molecule has 0 atom stereocenters. The van der Waals surface area contributed by atoms with Crippen LogP contribution in [-0.4, -0.2) is 22.5 Å². The molecule has 0 aromatic carbocycles. The van der Waals surface area contributed by atoms with E-state index in [-0.39, 0.29) is 11.9 Å². The quantitative estimate of drug-likeness (QED) is 0.873. The Kier molecular flexibility index (Phi) is 3.69. The molecule has 0 saturated heterocycles. The number of aromatic nitrogens is 2. The van der Waals surface area contributed by atoms with Crippen molar-refractivity contribution in [1.29, 1.82) is 0 Å². The molecule has 2 heterocycles. The van der Waals surface area contributed by atoms with Crippen LogP contribution in [0.3, 0.4) is 0 Å². The van der Waals surface area contributed by atoms with E-state index in [1.165, 1.54) is 25.1 Å². The number of carbonyl (C=O) groups is 1. The monoisotopic (exact) mass is 333 g/mol. The van der Waals surface area contributed by atoms with Gasteiger partial charge in [-0.05, 0) is 37.7 Å². The van der Waals surface area contributed by atoms with Gasteiger partial charge in [-0.1, -0.05) is 11.6 Å². The molecule has 23 heavy (non-hydrogen) atoms. The summed E-state index contributed by atoms with van der Waals surface area (Å²) in [5, 5.41) is 2.94. The lowest BCUT2D eigenvalue weighted by atomic mass is 10.2. The maximum Gasteiger partial charge on any atom is 0.301 e. The van der Waals surface area contributed by atoms with Crippen LogP contribution >= 0.6 is 11.6 Å². The fourth-order valence-corrected chi connectivity index (χ4v) is 2.43. The smallest absolute Gasteiger partial charge is 0.301 e. The molecular weight excluding hydrogens is 318 g/mol. The van der Waals surface area contributed by atoms with Crippen LogP contribution in [0.2, 0.25) is 5.02 Å². The average Bonchev–Trinajstić information content (AvgIpc) is 3.46. The lowest BCUT2D eigenvalue weighted by Gasteiger charge is -2.07. The first-order valence-electron chi connectivity index (χ1n) is 7.74. The van der Waals surface area contributed by atoms with Crippen molar-refractivity contribution in [3.63, 3.8) is 0 Å². The van der Waals surface area contributed by atoms with Crippen LogP contribution in [0.25, 0.3) is 0 Å². The van der Waals surface area contributed by atoms with Crippen LogP contribution in [0.5, 0.6) is 5.88 Å². The number of oxazole rings is 1. The second-order valence-electron chi connectivity index (χ2n) is 6.06. The van der Waals surface area contributed by atoms with Gasteiger partial charge in [0.2, 0.25) is 5.88 Å². The van der Waals surface area contributed by atoms with Crippen molar-refractivity contribution >= 4 is 23.5 Å². The van der Waals surface area contributed by atoms with Crippen LogP contribution < -0.4 is 10.1 Å². The molecule has 120 valence electrons. The first kappa shape index (κ1) is 14.5. The second kappa shape index (κ2) is 5.85. The van der Waals surface area contributed by atoms with Gasteiger partial charge in [0.25, 0.3) is 5.91 Å². The maximum absolute atomic E-state index is 12.2. The SMILES string of the molecule is O=C(Nc1ncc(C2CC2)o1)c1cnc(OCC2CC2)c(Cl)c1. The Morgan fingerprint density at radius 2 is 2.13 bits per heavy atom. The number of hydrogen-bond donors (Lipinski definition) is 1.